The molecule has 0 aliphatic carbocycles. The molecule has 0 spiro atoms. The molecule has 2 aromatic carbocycles. The monoisotopic (exact) mass is 411 g/mol. The van der Waals surface area contributed by atoms with Crippen LogP contribution in [0.15, 0.2) is 47.0 Å². The zero-order chi connectivity index (χ0) is 20.4. The summed E-state index contributed by atoms with van der Waals surface area (Å²) >= 11 is 5.97. The fourth-order valence-electron chi connectivity index (χ4n) is 3.59. The molecule has 1 aliphatic rings. The van der Waals surface area contributed by atoms with E-state index in [0.717, 1.165) is 29.5 Å². The molecule has 0 N–H and O–H groups in total. The number of rotatable bonds is 5. The third-order valence-corrected chi connectivity index (χ3v) is 5.30. The predicted octanol–water partition coefficient (Wildman–Crippen LogP) is 4.75. The number of aromatic nitrogens is 2. The molecule has 1 saturated heterocycles. The first-order valence-electron chi connectivity index (χ1n) is 9.60. The zero-order valence-electron chi connectivity index (χ0n) is 16.4. The van der Waals surface area contributed by atoms with E-state index >= 15 is 0 Å². The number of likely N-dealkylation sites (tertiary alicyclic amines) is 1. The van der Waals surface area contributed by atoms with Crippen LogP contribution in [-0.4, -0.2) is 34.1 Å². The fraction of sp³-hybridized carbons (Fsp3) is 0.318. The number of halogens is 1. The second kappa shape index (κ2) is 8.25. The van der Waals surface area contributed by atoms with Crippen LogP contribution in [0, 0.1) is 13.8 Å². The predicted molar refractivity (Wildman–Crippen MR) is 110 cm³/mol. The smallest absolute Gasteiger partial charge is 0.261 e. The maximum absolute atomic E-state index is 12.8. The molecule has 7 heteroatoms. The Kier molecular flexibility index (Phi) is 5.53. The number of carbonyl (C=O) groups excluding carboxylic acids is 1. The highest BCUT2D eigenvalue weighted by Gasteiger charge is 2.34. The summed E-state index contributed by atoms with van der Waals surface area (Å²) in [5.74, 6) is 1.56. The number of amides is 1. The highest BCUT2D eigenvalue weighted by molar-refractivity contribution is 6.30. The first kappa shape index (κ1) is 19.5. The van der Waals surface area contributed by atoms with Crippen molar-refractivity contribution in [1.82, 2.24) is 15.0 Å². The van der Waals surface area contributed by atoms with Crippen LogP contribution in [0.5, 0.6) is 5.75 Å². The van der Waals surface area contributed by atoms with Crippen molar-refractivity contribution in [3.05, 3.63) is 64.5 Å². The van der Waals surface area contributed by atoms with Crippen LogP contribution in [-0.2, 0) is 4.79 Å². The Balaban J connectivity index is 1.45. The van der Waals surface area contributed by atoms with E-state index in [1.54, 1.807) is 17.0 Å². The highest BCUT2D eigenvalue weighted by atomic mass is 35.5. The summed E-state index contributed by atoms with van der Waals surface area (Å²) in [5.41, 5.74) is 2.92. The first-order chi connectivity index (χ1) is 14.0. The minimum absolute atomic E-state index is 0.0438. The molecule has 29 heavy (non-hydrogen) atoms. The molecule has 2 heterocycles. The van der Waals surface area contributed by atoms with Gasteiger partial charge in [-0.2, -0.15) is 4.98 Å². The minimum atomic E-state index is -0.219. The summed E-state index contributed by atoms with van der Waals surface area (Å²) in [7, 11) is 0. The SMILES string of the molecule is Cc1cccc(-c2noc([C@H]3CCCN3C(=O)COc3ccc(Cl)cc3C)n2)c1. The summed E-state index contributed by atoms with van der Waals surface area (Å²) in [4.78, 5) is 19.1. The van der Waals surface area contributed by atoms with Crippen LogP contribution in [0.4, 0.5) is 0 Å². The lowest BCUT2D eigenvalue weighted by Crippen LogP contribution is -2.34. The van der Waals surface area contributed by atoms with Gasteiger partial charge in [0, 0.05) is 17.1 Å². The van der Waals surface area contributed by atoms with Crippen molar-refractivity contribution in [2.75, 3.05) is 13.2 Å². The standard InChI is InChI=1S/C22H22ClN3O3/c1-14-5-3-6-16(11-14)21-24-22(29-25-21)18-7-4-10-26(18)20(27)13-28-19-9-8-17(23)12-15(19)2/h3,5-6,8-9,11-12,18H,4,7,10,13H2,1-2H3/t18-/m1/s1. The first-order valence-corrected chi connectivity index (χ1v) is 9.98. The van der Waals surface area contributed by atoms with E-state index in [-0.39, 0.29) is 18.6 Å². The van der Waals surface area contributed by atoms with Gasteiger partial charge in [-0.15, -0.1) is 0 Å². The van der Waals surface area contributed by atoms with Crippen molar-refractivity contribution in [3.63, 3.8) is 0 Å². The molecule has 1 aromatic heterocycles. The molecule has 1 atom stereocenters. The Morgan fingerprint density at radius 3 is 2.93 bits per heavy atom. The molecule has 1 aliphatic heterocycles. The third-order valence-electron chi connectivity index (χ3n) is 5.06. The van der Waals surface area contributed by atoms with Crippen molar-refractivity contribution in [2.24, 2.45) is 0 Å². The van der Waals surface area contributed by atoms with Gasteiger partial charge in [-0.1, -0.05) is 40.5 Å². The average Bonchev–Trinajstić information content (AvgIpc) is 3.36. The van der Waals surface area contributed by atoms with Gasteiger partial charge in [0.2, 0.25) is 11.7 Å². The summed E-state index contributed by atoms with van der Waals surface area (Å²) in [5, 5.41) is 4.75. The van der Waals surface area contributed by atoms with Gasteiger partial charge in [0.05, 0.1) is 0 Å². The Hall–Kier alpha value is -2.86. The van der Waals surface area contributed by atoms with Gasteiger partial charge in [0.15, 0.2) is 6.61 Å². The summed E-state index contributed by atoms with van der Waals surface area (Å²) in [6, 6.07) is 13.0. The van der Waals surface area contributed by atoms with Crippen molar-refractivity contribution >= 4 is 17.5 Å². The largest absolute Gasteiger partial charge is 0.483 e. The van der Waals surface area contributed by atoms with Gasteiger partial charge in [-0.25, -0.2) is 0 Å². The van der Waals surface area contributed by atoms with Crippen LogP contribution in [0.1, 0.15) is 35.9 Å². The van der Waals surface area contributed by atoms with E-state index in [2.05, 4.69) is 10.1 Å². The molecule has 1 amide bonds. The molecule has 1 fully saturated rings. The quantitative estimate of drug-likeness (QED) is 0.606. The Morgan fingerprint density at radius 1 is 1.28 bits per heavy atom. The third kappa shape index (κ3) is 4.27. The minimum Gasteiger partial charge on any atom is -0.483 e. The Labute approximate surface area is 174 Å². The molecular formula is C22H22ClN3O3. The number of carbonyl (C=O) groups is 1. The number of benzene rings is 2. The average molecular weight is 412 g/mol. The van der Waals surface area contributed by atoms with Crippen molar-refractivity contribution in [1.29, 1.82) is 0 Å². The van der Waals surface area contributed by atoms with E-state index in [1.807, 2.05) is 44.2 Å². The lowest BCUT2D eigenvalue weighted by atomic mass is 10.1. The highest BCUT2D eigenvalue weighted by Crippen LogP contribution is 2.32. The van der Waals surface area contributed by atoms with Crippen LogP contribution >= 0.6 is 11.6 Å². The van der Waals surface area contributed by atoms with E-state index in [1.165, 1.54) is 0 Å². The van der Waals surface area contributed by atoms with Crippen molar-refractivity contribution in [3.8, 4) is 17.1 Å². The van der Waals surface area contributed by atoms with E-state index < -0.39 is 0 Å². The Bertz CT molecular complexity index is 1030. The maximum atomic E-state index is 12.8. The normalized spacial score (nSPS) is 16.2. The fourth-order valence-corrected chi connectivity index (χ4v) is 3.82. The van der Waals surface area contributed by atoms with Crippen LogP contribution in [0.25, 0.3) is 11.4 Å². The van der Waals surface area contributed by atoms with E-state index in [9.17, 15) is 4.79 Å². The van der Waals surface area contributed by atoms with Crippen LogP contribution in [0.2, 0.25) is 5.02 Å². The van der Waals surface area contributed by atoms with Gasteiger partial charge in [-0.3, -0.25) is 4.79 Å². The summed E-state index contributed by atoms with van der Waals surface area (Å²) in [6.45, 7) is 4.52. The van der Waals surface area contributed by atoms with Crippen molar-refractivity contribution in [2.45, 2.75) is 32.7 Å². The number of hydrogen-bond acceptors (Lipinski definition) is 5. The van der Waals surface area contributed by atoms with Crippen molar-refractivity contribution < 1.29 is 14.1 Å². The Morgan fingerprint density at radius 2 is 2.14 bits per heavy atom. The van der Waals surface area contributed by atoms with Gasteiger partial charge < -0.3 is 14.2 Å². The van der Waals surface area contributed by atoms with Gasteiger partial charge >= 0.3 is 0 Å². The molecule has 0 saturated carbocycles. The summed E-state index contributed by atoms with van der Waals surface area (Å²) in [6.07, 6.45) is 1.68. The van der Waals surface area contributed by atoms with Crippen LogP contribution < -0.4 is 4.74 Å². The second-order valence-electron chi connectivity index (χ2n) is 7.27. The number of hydrogen-bond donors (Lipinski definition) is 0. The second-order valence-corrected chi connectivity index (χ2v) is 7.71. The lowest BCUT2D eigenvalue weighted by Gasteiger charge is -2.22. The molecular weight excluding hydrogens is 390 g/mol. The molecule has 0 radical (unpaired) electrons. The van der Waals surface area contributed by atoms with E-state index in [0.29, 0.717) is 29.0 Å². The zero-order valence-corrected chi connectivity index (χ0v) is 17.1. The molecule has 6 nitrogen and oxygen atoms in total. The lowest BCUT2D eigenvalue weighted by molar-refractivity contribution is -0.134. The maximum Gasteiger partial charge on any atom is 0.261 e. The van der Waals surface area contributed by atoms with Gasteiger partial charge in [0.25, 0.3) is 5.91 Å². The molecule has 3 aromatic rings. The molecule has 0 unspecified atom stereocenters. The molecule has 150 valence electrons. The van der Waals surface area contributed by atoms with Gasteiger partial charge in [0.1, 0.15) is 11.8 Å². The number of nitrogens with zero attached hydrogens (tertiary/aromatic N) is 3. The van der Waals surface area contributed by atoms with Gasteiger partial charge in [-0.05, 0) is 56.5 Å². The molecule has 0 bridgehead atoms. The van der Waals surface area contributed by atoms with Crippen LogP contribution in [0.3, 0.4) is 0 Å². The summed E-state index contributed by atoms with van der Waals surface area (Å²) < 4.78 is 11.2. The molecule has 4 rings (SSSR count). The number of ether oxygens (including phenoxy) is 1. The topological polar surface area (TPSA) is 68.5 Å². The number of aryl methyl sites for hydroxylation is 2. The van der Waals surface area contributed by atoms with E-state index in [4.69, 9.17) is 20.9 Å².